The van der Waals surface area contributed by atoms with Crippen molar-refractivity contribution in [3.63, 3.8) is 0 Å². The van der Waals surface area contributed by atoms with E-state index in [0.29, 0.717) is 30.1 Å². The predicted octanol–water partition coefficient (Wildman–Crippen LogP) is 3.40. The molecule has 2 amide bonds. The Kier molecular flexibility index (Phi) is 5.59. The van der Waals surface area contributed by atoms with Crippen molar-refractivity contribution in [3.8, 4) is 5.75 Å². The number of ether oxygens (including phenoxy) is 1. The lowest BCUT2D eigenvalue weighted by atomic mass is 10.2. The van der Waals surface area contributed by atoms with Crippen molar-refractivity contribution in [2.24, 2.45) is 0 Å². The molecule has 0 aromatic heterocycles. The van der Waals surface area contributed by atoms with Crippen LogP contribution in [0, 0.1) is 5.82 Å². The van der Waals surface area contributed by atoms with Gasteiger partial charge in [-0.05, 0) is 43.7 Å². The zero-order chi connectivity index (χ0) is 19.4. The van der Waals surface area contributed by atoms with E-state index in [4.69, 9.17) is 4.74 Å². The van der Waals surface area contributed by atoms with Crippen molar-refractivity contribution in [1.82, 2.24) is 0 Å². The number of carbonyl (C=O) groups is 2. The number of hydrogen-bond acceptors (Lipinski definition) is 4. The van der Waals surface area contributed by atoms with Crippen LogP contribution in [-0.2, 0) is 9.59 Å². The van der Waals surface area contributed by atoms with Crippen molar-refractivity contribution in [1.29, 1.82) is 0 Å². The third-order valence-electron chi connectivity index (χ3n) is 4.41. The lowest BCUT2D eigenvalue weighted by Crippen LogP contribution is -2.32. The van der Waals surface area contributed by atoms with Gasteiger partial charge in [0.25, 0.3) is 0 Å². The number of carbonyl (C=O) groups excluding carboxylic acids is 2. The minimum atomic E-state index is -0.558. The van der Waals surface area contributed by atoms with Gasteiger partial charge in [-0.15, -0.1) is 0 Å². The maximum absolute atomic E-state index is 13.2. The summed E-state index contributed by atoms with van der Waals surface area (Å²) in [5.41, 5.74) is 1.81. The van der Waals surface area contributed by atoms with Gasteiger partial charge in [0.1, 0.15) is 17.6 Å². The van der Waals surface area contributed by atoms with Crippen molar-refractivity contribution in [2.75, 3.05) is 29.2 Å². The van der Waals surface area contributed by atoms with Crippen LogP contribution in [0.25, 0.3) is 0 Å². The summed E-state index contributed by atoms with van der Waals surface area (Å²) in [6, 6.07) is 10.5. The number of nitrogens with zero attached hydrogens (tertiary/aromatic N) is 1. The number of amides is 2. The maximum atomic E-state index is 13.2. The van der Waals surface area contributed by atoms with Gasteiger partial charge in [-0.2, -0.15) is 0 Å². The molecule has 27 heavy (non-hydrogen) atoms. The summed E-state index contributed by atoms with van der Waals surface area (Å²) in [6.45, 7) is 2.38. The molecule has 1 aliphatic rings. The monoisotopic (exact) mass is 371 g/mol. The lowest BCUT2D eigenvalue weighted by Gasteiger charge is -2.21. The molecule has 0 bridgehead atoms. The SMILES string of the molecule is COc1cc(N[C@H](C)C(=O)Nc2cccc(F)c2)ccc1N1CCCC1=O. The van der Waals surface area contributed by atoms with E-state index < -0.39 is 11.9 Å². The van der Waals surface area contributed by atoms with E-state index in [-0.39, 0.29) is 11.8 Å². The fraction of sp³-hybridized carbons (Fsp3) is 0.300. The molecule has 1 saturated heterocycles. The lowest BCUT2D eigenvalue weighted by molar-refractivity contribution is -0.117. The molecule has 0 aliphatic carbocycles. The van der Waals surface area contributed by atoms with Gasteiger partial charge in [-0.1, -0.05) is 6.07 Å². The summed E-state index contributed by atoms with van der Waals surface area (Å²) in [6.07, 6.45) is 1.37. The van der Waals surface area contributed by atoms with Gasteiger partial charge in [0, 0.05) is 30.4 Å². The van der Waals surface area contributed by atoms with Gasteiger partial charge in [0.2, 0.25) is 11.8 Å². The number of benzene rings is 2. The first-order valence-corrected chi connectivity index (χ1v) is 8.79. The van der Waals surface area contributed by atoms with Gasteiger partial charge in [-0.25, -0.2) is 4.39 Å². The summed E-state index contributed by atoms with van der Waals surface area (Å²) in [5.74, 6) is -0.0617. The first kappa shape index (κ1) is 18.7. The number of rotatable bonds is 6. The van der Waals surface area contributed by atoms with Crippen molar-refractivity contribution in [3.05, 3.63) is 48.3 Å². The van der Waals surface area contributed by atoms with E-state index in [1.54, 1.807) is 37.1 Å². The van der Waals surface area contributed by atoms with Crippen LogP contribution in [0.2, 0.25) is 0 Å². The normalized spacial score (nSPS) is 14.8. The molecule has 1 heterocycles. The topological polar surface area (TPSA) is 70.7 Å². The van der Waals surface area contributed by atoms with Crippen molar-refractivity contribution < 1.29 is 18.7 Å². The second-order valence-electron chi connectivity index (χ2n) is 6.40. The quantitative estimate of drug-likeness (QED) is 0.817. The van der Waals surface area contributed by atoms with Gasteiger partial charge in [0.15, 0.2) is 0 Å². The smallest absolute Gasteiger partial charge is 0.246 e. The van der Waals surface area contributed by atoms with Crippen LogP contribution in [0.1, 0.15) is 19.8 Å². The molecule has 6 nitrogen and oxygen atoms in total. The van der Waals surface area contributed by atoms with Crippen LogP contribution in [-0.4, -0.2) is 31.5 Å². The molecule has 142 valence electrons. The molecule has 2 aromatic carbocycles. The second kappa shape index (κ2) is 8.07. The van der Waals surface area contributed by atoms with E-state index in [0.717, 1.165) is 12.1 Å². The van der Waals surface area contributed by atoms with Crippen LogP contribution in [0.5, 0.6) is 5.75 Å². The molecule has 0 unspecified atom stereocenters. The van der Waals surface area contributed by atoms with Gasteiger partial charge < -0.3 is 20.3 Å². The molecule has 0 radical (unpaired) electrons. The van der Waals surface area contributed by atoms with Gasteiger partial charge in [0.05, 0.1) is 12.8 Å². The predicted molar refractivity (Wildman–Crippen MR) is 103 cm³/mol. The number of anilines is 3. The van der Waals surface area contributed by atoms with Gasteiger partial charge in [-0.3, -0.25) is 9.59 Å². The number of nitrogens with one attached hydrogen (secondary N) is 2. The zero-order valence-corrected chi connectivity index (χ0v) is 15.3. The Morgan fingerprint density at radius 1 is 1.22 bits per heavy atom. The fourth-order valence-electron chi connectivity index (χ4n) is 3.03. The number of hydrogen-bond donors (Lipinski definition) is 2. The molecule has 1 aliphatic heterocycles. The first-order valence-electron chi connectivity index (χ1n) is 8.79. The summed E-state index contributed by atoms with van der Waals surface area (Å²) in [5, 5.41) is 5.76. The Labute approximate surface area is 157 Å². The average molecular weight is 371 g/mol. The van der Waals surface area contributed by atoms with E-state index in [9.17, 15) is 14.0 Å². The standard InChI is InChI=1S/C20H22FN3O3/c1-13(20(26)23-15-6-3-5-14(21)11-15)22-16-8-9-17(18(12-16)27-2)24-10-4-7-19(24)25/h3,5-6,8-9,11-13,22H,4,7,10H2,1-2H3,(H,23,26)/t13-/m1/s1. The molecule has 1 fully saturated rings. The summed E-state index contributed by atoms with van der Waals surface area (Å²) >= 11 is 0. The zero-order valence-electron chi connectivity index (χ0n) is 15.3. The Morgan fingerprint density at radius 2 is 2.04 bits per heavy atom. The van der Waals surface area contributed by atoms with Crippen LogP contribution in [0.4, 0.5) is 21.5 Å². The third-order valence-corrected chi connectivity index (χ3v) is 4.41. The van der Waals surface area contributed by atoms with Crippen LogP contribution in [0.3, 0.4) is 0 Å². The molecule has 2 aromatic rings. The Morgan fingerprint density at radius 3 is 2.70 bits per heavy atom. The second-order valence-corrected chi connectivity index (χ2v) is 6.40. The summed E-state index contributed by atoms with van der Waals surface area (Å²) in [4.78, 5) is 26.0. The molecular weight excluding hydrogens is 349 g/mol. The molecular formula is C20H22FN3O3. The number of halogens is 1. The Bertz CT molecular complexity index is 856. The molecule has 7 heteroatoms. The highest BCUT2D eigenvalue weighted by Gasteiger charge is 2.24. The largest absolute Gasteiger partial charge is 0.494 e. The van der Waals surface area contributed by atoms with Crippen molar-refractivity contribution >= 4 is 28.9 Å². The molecule has 2 N–H and O–H groups in total. The summed E-state index contributed by atoms with van der Waals surface area (Å²) in [7, 11) is 1.54. The fourth-order valence-corrected chi connectivity index (χ4v) is 3.03. The minimum absolute atomic E-state index is 0.0804. The maximum Gasteiger partial charge on any atom is 0.246 e. The highest BCUT2D eigenvalue weighted by atomic mass is 19.1. The molecule has 0 saturated carbocycles. The minimum Gasteiger partial charge on any atom is -0.494 e. The number of methoxy groups -OCH3 is 1. The summed E-state index contributed by atoms with van der Waals surface area (Å²) < 4.78 is 18.7. The Hall–Kier alpha value is -3.09. The van der Waals surface area contributed by atoms with E-state index in [2.05, 4.69) is 10.6 Å². The average Bonchev–Trinajstić information content (AvgIpc) is 3.07. The Balaban J connectivity index is 1.69. The molecule has 1 atom stereocenters. The highest BCUT2D eigenvalue weighted by molar-refractivity contribution is 5.98. The van der Waals surface area contributed by atoms with Crippen LogP contribution < -0.4 is 20.3 Å². The first-order chi connectivity index (χ1) is 13.0. The van der Waals surface area contributed by atoms with Crippen LogP contribution in [0.15, 0.2) is 42.5 Å². The van der Waals surface area contributed by atoms with E-state index >= 15 is 0 Å². The highest BCUT2D eigenvalue weighted by Crippen LogP contribution is 2.34. The van der Waals surface area contributed by atoms with Crippen molar-refractivity contribution in [2.45, 2.75) is 25.8 Å². The molecule has 0 spiro atoms. The van der Waals surface area contributed by atoms with Gasteiger partial charge >= 0.3 is 0 Å². The van der Waals surface area contributed by atoms with Crippen LogP contribution >= 0.6 is 0 Å². The molecule has 3 rings (SSSR count). The third kappa shape index (κ3) is 4.36. The van der Waals surface area contributed by atoms with E-state index in [1.165, 1.54) is 18.2 Å². The van der Waals surface area contributed by atoms with E-state index in [1.807, 2.05) is 6.07 Å².